The van der Waals surface area contributed by atoms with E-state index in [1.165, 1.54) is 0 Å². The Bertz CT molecular complexity index is 490. The molecule has 114 valence electrons. The Kier molecular flexibility index (Phi) is 6.90. The third-order valence-corrected chi connectivity index (χ3v) is 2.70. The summed E-state index contributed by atoms with van der Waals surface area (Å²) in [6, 6.07) is 7.98. The van der Waals surface area contributed by atoms with Gasteiger partial charge in [0.15, 0.2) is 0 Å². The summed E-state index contributed by atoms with van der Waals surface area (Å²) in [5.41, 5.74) is 0.810. The minimum absolute atomic E-state index is 0.0969. The minimum atomic E-state index is -1.12. The number of carboxylic acid groups (broad SMARTS) is 1. The van der Waals surface area contributed by atoms with Crippen LogP contribution in [0.5, 0.6) is 0 Å². The summed E-state index contributed by atoms with van der Waals surface area (Å²) >= 11 is 0. The van der Waals surface area contributed by atoms with Gasteiger partial charge in [0.25, 0.3) is 0 Å². The van der Waals surface area contributed by atoms with Crippen LogP contribution >= 0.6 is 0 Å². The number of aliphatic carboxylic acids is 1. The number of benzene rings is 1. The van der Waals surface area contributed by atoms with Crippen molar-refractivity contribution in [2.45, 2.75) is 12.5 Å². The first-order valence-corrected chi connectivity index (χ1v) is 6.50. The molecule has 1 rings (SSSR count). The number of carbonyl (C=O) groups is 3. The van der Waals surface area contributed by atoms with Gasteiger partial charge in [0, 0.05) is 6.42 Å². The normalized spacial score (nSPS) is 11.5. The zero-order valence-corrected chi connectivity index (χ0v) is 11.8. The molecule has 0 heterocycles. The van der Waals surface area contributed by atoms with Gasteiger partial charge in [-0.25, -0.2) is 4.79 Å². The largest absolute Gasteiger partial charge is 0.480 e. The number of hydrogen-bond acceptors (Lipinski definition) is 4. The van der Waals surface area contributed by atoms with Crippen LogP contribution in [0.2, 0.25) is 0 Å². The molecule has 21 heavy (non-hydrogen) atoms. The Morgan fingerprint density at radius 3 is 2.33 bits per heavy atom. The molecular weight excluding hydrogens is 274 g/mol. The number of amides is 2. The van der Waals surface area contributed by atoms with Crippen LogP contribution in [0.1, 0.15) is 5.56 Å². The highest BCUT2D eigenvalue weighted by atomic mass is 16.4. The number of rotatable bonds is 8. The smallest absolute Gasteiger partial charge is 0.326 e. The first-order chi connectivity index (χ1) is 10.0. The second-order valence-corrected chi connectivity index (χ2v) is 4.46. The van der Waals surface area contributed by atoms with Gasteiger partial charge >= 0.3 is 5.97 Å². The van der Waals surface area contributed by atoms with Crippen molar-refractivity contribution in [3.05, 3.63) is 35.9 Å². The van der Waals surface area contributed by atoms with E-state index in [1.807, 2.05) is 6.07 Å². The fourth-order valence-corrected chi connectivity index (χ4v) is 1.70. The fraction of sp³-hybridized carbons (Fsp3) is 0.357. The second-order valence-electron chi connectivity index (χ2n) is 4.46. The fourth-order valence-electron chi connectivity index (χ4n) is 1.70. The van der Waals surface area contributed by atoms with E-state index in [0.29, 0.717) is 0 Å². The Morgan fingerprint density at radius 1 is 1.10 bits per heavy atom. The molecule has 0 radical (unpaired) electrons. The summed E-state index contributed by atoms with van der Waals surface area (Å²) < 4.78 is 0. The molecule has 0 saturated heterocycles. The Hall–Kier alpha value is -2.41. The minimum Gasteiger partial charge on any atom is -0.480 e. The monoisotopic (exact) mass is 293 g/mol. The number of nitrogens with one attached hydrogen (secondary N) is 3. The summed E-state index contributed by atoms with van der Waals surface area (Å²) in [7, 11) is 1.61. The van der Waals surface area contributed by atoms with Gasteiger partial charge in [-0.05, 0) is 12.6 Å². The van der Waals surface area contributed by atoms with E-state index in [0.717, 1.165) is 5.56 Å². The van der Waals surface area contributed by atoms with Crippen LogP contribution in [0.3, 0.4) is 0 Å². The molecule has 1 aromatic rings. The molecule has 0 spiro atoms. The van der Waals surface area contributed by atoms with Gasteiger partial charge < -0.3 is 21.1 Å². The molecule has 0 aliphatic heterocycles. The van der Waals surface area contributed by atoms with Gasteiger partial charge in [0.05, 0.1) is 13.1 Å². The summed E-state index contributed by atoms with van der Waals surface area (Å²) in [6.07, 6.45) is 0.187. The first kappa shape index (κ1) is 16.6. The van der Waals surface area contributed by atoms with E-state index in [2.05, 4.69) is 16.0 Å². The van der Waals surface area contributed by atoms with Gasteiger partial charge in [0.1, 0.15) is 6.04 Å². The Balaban J connectivity index is 2.49. The molecular formula is C14H19N3O4. The Labute approximate surface area is 122 Å². The van der Waals surface area contributed by atoms with Crippen molar-refractivity contribution in [3.63, 3.8) is 0 Å². The maximum atomic E-state index is 11.6. The average Bonchev–Trinajstić information content (AvgIpc) is 2.46. The number of carboxylic acids is 1. The predicted octanol–water partition coefficient (Wildman–Crippen LogP) is -0.866. The molecule has 0 saturated carbocycles. The van der Waals surface area contributed by atoms with Crippen LogP contribution in [0.25, 0.3) is 0 Å². The standard InChI is InChI=1S/C14H19N3O4/c1-15-8-12(18)16-9-13(19)17-11(14(20)21)7-10-5-3-2-4-6-10/h2-6,11,15H,7-9H2,1H3,(H,16,18)(H,17,19)(H,20,21). The van der Waals surface area contributed by atoms with Crippen molar-refractivity contribution in [1.82, 2.24) is 16.0 Å². The molecule has 1 unspecified atom stereocenters. The molecule has 7 nitrogen and oxygen atoms in total. The third kappa shape index (κ3) is 6.53. The maximum absolute atomic E-state index is 11.6. The first-order valence-electron chi connectivity index (χ1n) is 6.50. The summed E-state index contributed by atoms with van der Waals surface area (Å²) in [5, 5.41) is 16.6. The van der Waals surface area contributed by atoms with Crippen LogP contribution in [-0.2, 0) is 20.8 Å². The van der Waals surface area contributed by atoms with E-state index in [9.17, 15) is 14.4 Å². The van der Waals surface area contributed by atoms with Crippen molar-refractivity contribution < 1.29 is 19.5 Å². The summed E-state index contributed by atoms with van der Waals surface area (Å²) in [4.78, 5) is 34.0. The van der Waals surface area contributed by atoms with Gasteiger partial charge in [-0.15, -0.1) is 0 Å². The van der Waals surface area contributed by atoms with Crippen LogP contribution in [0.4, 0.5) is 0 Å². The lowest BCUT2D eigenvalue weighted by Crippen LogP contribution is -2.47. The zero-order valence-electron chi connectivity index (χ0n) is 11.8. The quantitative estimate of drug-likeness (QED) is 0.498. The topological polar surface area (TPSA) is 108 Å². The second kappa shape index (κ2) is 8.70. The highest BCUT2D eigenvalue weighted by Gasteiger charge is 2.20. The summed E-state index contributed by atoms with van der Waals surface area (Å²) in [6.45, 7) is -0.154. The van der Waals surface area contributed by atoms with Crippen molar-refractivity contribution in [3.8, 4) is 0 Å². The molecule has 1 atom stereocenters. The molecule has 2 amide bonds. The van der Waals surface area contributed by atoms with Gasteiger partial charge in [-0.2, -0.15) is 0 Å². The van der Waals surface area contributed by atoms with E-state index in [1.54, 1.807) is 31.3 Å². The molecule has 0 fully saturated rings. The molecule has 0 aliphatic rings. The van der Waals surface area contributed by atoms with Crippen molar-refractivity contribution in [2.24, 2.45) is 0 Å². The Morgan fingerprint density at radius 2 is 1.76 bits per heavy atom. The van der Waals surface area contributed by atoms with Crippen LogP contribution in [0.15, 0.2) is 30.3 Å². The molecule has 4 N–H and O–H groups in total. The average molecular weight is 293 g/mol. The zero-order chi connectivity index (χ0) is 15.7. The maximum Gasteiger partial charge on any atom is 0.326 e. The molecule has 7 heteroatoms. The van der Waals surface area contributed by atoms with E-state index in [4.69, 9.17) is 5.11 Å². The van der Waals surface area contributed by atoms with Crippen molar-refractivity contribution >= 4 is 17.8 Å². The van der Waals surface area contributed by atoms with E-state index in [-0.39, 0.29) is 25.4 Å². The van der Waals surface area contributed by atoms with Crippen LogP contribution in [0, 0.1) is 0 Å². The SMILES string of the molecule is CNCC(=O)NCC(=O)NC(Cc1ccccc1)C(=O)O. The van der Waals surface area contributed by atoms with Gasteiger partial charge in [0.2, 0.25) is 11.8 Å². The molecule has 1 aromatic carbocycles. The van der Waals surface area contributed by atoms with E-state index < -0.39 is 17.9 Å². The highest BCUT2D eigenvalue weighted by molar-refractivity contribution is 5.88. The highest BCUT2D eigenvalue weighted by Crippen LogP contribution is 2.03. The number of carbonyl (C=O) groups excluding carboxylic acids is 2. The number of likely N-dealkylation sites (N-methyl/N-ethyl adjacent to an activating group) is 1. The van der Waals surface area contributed by atoms with Crippen LogP contribution in [-0.4, -0.2) is 49.1 Å². The van der Waals surface area contributed by atoms with Crippen molar-refractivity contribution in [1.29, 1.82) is 0 Å². The molecule has 0 bridgehead atoms. The van der Waals surface area contributed by atoms with E-state index >= 15 is 0 Å². The lowest BCUT2D eigenvalue weighted by molar-refractivity contribution is -0.141. The summed E-state index contributed by atoms with van der Waals surface area (Å²) in [5.74, 6) is -1.99. The lowest BCUT2D eigenvalue weighted by atomic mass is 10.1. The van der Waals surface area contributed by atoms with Gasteiger partial charge in [-0.3, -0.25) is 9.59 Å². The molecule has 0 aromatic heterocycles. The lowest BCUT2D eigenvalue weighted by Gasteiger charge is -2.15. The number of hydrogen-bond donors (Lipinski definition) is 4. The predicted molar refractivity (Wildman–Crippen MR) is 76.6 cm³/mol. The third-order valence-electron chi connectivity index (χ3n) is 2.70. The van der Waals surface area contributed by atoms with Crippen molar-refractivity contribution in [2.75, 3.05) is 20.1 Å². The van der Waals surface area contributed by atoms with Gasteiger partial charge in [-0.1, -0.05) is 30.3 Å². The van der Waals surface area contributed by atoms with Crippen LogP contribution < -0.4 is 16.0 Å². The molecule has 0 aliphatic carbocycles.